The number of benzene rings is 1. The van der Waals surface area contributed by atoms with Crippen molar-refractivity contribution in [3.8, 4) is 23.6 Å². The number of methoxy groups -OCH3 is 1. The minimum atomic E-state index is -4.91. The Morgan fingerprint density at radius 1 is 1.19 bits per heavy atom. The van der Waals surface area contributed by atoms with Crippen LogP contribution in [0.4, 0.5) is 18.9 Å². The van der Waals surface area contributed by atoms with E-state index in [1.54, 1.807) is 6.92 Å². The predicted octanol–water partition coefficient (Wildman–Crippen LogP) is 4.47. The number of alkyl halides is 3. The molecule has 14 heteroatoms. The highest BCUT2D eigenvalue weighted by atomic mass is 32.2. The van der Waals surface area contributed by atoms with Crippen molar-refractivity contribution >= 4 is 21.3 Å². The van der Waals surface area contributed by atoms with Gasteiger partial charge >= 0.3 is 6.18 Å². The molecular weight excluding hydrogens is 501 g/mol. The van der Waals surface area contributed by atoms with Crippen LogP contribution >= 0.6 is 0 Å². The Balaban J connectivity index is 2.14. The molecule has 0 aliphatic heterocycles. The number of ether oxygens (including phenoxy) is 2. The largest absolute Gasteiger partial charge is 0.478 e. The van der Waals surface area contributed by atoms with Gasteiger partial charge < -0.3 is 14.8 Å². The average molecular weight is 520 g/mol. The second-order valence-corrected chi connectivity index (χ2v) is 9.71. The molecule has 10 nitrogen and oxygen atoms in total. The summed E-state index contributed by atoms with van der Waals surface area (Å²) in [5.74, 6) is -1.83. The van der Waals surface area contributed by atoms with Crippen LogP contribution in [0.5, 0.6) is 17.5 Å². The number of anilines is 1. The number of nitriles is 1. The molecule has 1 atom stereocenters. The maximum Gasteiger partial charge on any atom is 0.435 e. The molecule has 3 aromatic rings. The van der Waals surface area contributed by atoms with Gasteiger partial charge in [0, 0.05) is 22.4 Å². The first kappa shape index (κ1) is 26.4. The molecule has 3 rings (SSSR count). The second-order valence-electron chi connectivity index (χ2n) is 7.55. The Labute approximate surface area is 204 Å². The normalized spacial score (nSPS) is 12.8. The van der Waals surface area contributed by atoms with E-state index in [1.165, 1.54) is 43.7 Å². The summed E-state index contributed by atoms with van der Waals surface area (Å²) < 4.78 is 71.2. The van der Waals surface area contributed by atoms with Crippen LogP contribution < -0.4 is 14.8 Å². The van der Waals surface area contributed by atoms with Gasteiger partial charge in [-0.25, -0.2) is 8.99 Å². The first-order chi connectivity index (χ1) is 16.8. The summed E-state index contributed by atoms with van der Waals surface area (Å²) in [5, 5.41) is 18.2. The molecule has 2 N–H and O–H groups in total. The number of aromatic nitrogens is 3. The Kier molecular flexibility index (Phi) is 7.16. The number of carbonyl (C=O) groups is 1. The minimum Gasteiger partial charge on any atom is -0.478 e. The number of hydrogen-bond acceptors (Lipinski definition) is 9. The molecule has 188 valence electrons. The summed E-state index contributed by atoms with van der Waals surface area (Å²) >= 11 is 0. The molecule has 0 radical (unpaired) electrons. The molecule has 0 bridgehead atoms. The van der Waals surface area contributed by atoms with Crippen molar-refractivity contribution in [3.63, 3.8) is 0 Å². The van der Waals surface area contributed by atoms with E-state index in [2.05, 4.69) is 20.5 Å². The van der Waals surface area contributed by atoms with Gasteiger partial charge in [0.25, 0.3) is 17.7 Å². The van der Waals surface area contributed by atoms with Gasteiger partial charge in [-0.1, -0.05) is 6.07 Å². The SMILES string of the molecule is COc1nc(C#N)cc(C)c1Oc1nnc(C(F)(F)F)c(C)c1C(=O)Nc1cccc(S(C)(=N)=O)c1. The number of nitrogens with one attached hydrogen (secondary N) is 2. The highest BCUT2D eigenvalue weighted by molar-refractivity contribution is 7.91. The fourth-order valence-electron chi connectivity index (χ4n) is 3.17. The zero-order chi connectivity index (χ0) is 26.8. The van der Waals surface area contributed by atoms with Crippen LogP contribution in [-0.4, -0.2) is 38.7 Å². The zero-order valence-corrected chi connectivity index (χ0v) is 20.2. The van der Waals surface area contributed by atoms with Crippen LogP contribution in [0.2, 0.25) is 0 Å². The number of rotatable bonds is 6. The lowest BCUT2D eigenvalue weighted by Gasteiger charge is -2.17. The summed E-state index contributed by atoms with van der Waals surface area (Å²) in [6.45, 7) is 2.58. The molecule has 36 heavy (non-hydrogen) atoms. The summed E-state index contributed by atoms with van der Waals surface area (Å²) in [6, 6.07) is 8.76. The summed E-state index contributed by atoms with van der Waals surface area (Å²) in [5.41, 5.74) is -2.09. The molecule has 1 unspecified atom stereocenters. The number of carbonyl (C=O) groups excluding carboxylic acids is 1. The van der Waals surface area contributed by atoms with E-state index in [1.807, 2.05) is 6.07 Å². The maximum absolute atomic E-state index is 13.5. The third-order valence-electron chi connectivity index (χ3n) is 4.86. The Morgan fingerprint density at radius 3 is 2.47 bits per heavy atom. The van der Waals surface area contributed by atoms with E-state index in [9.17, 15) is 22.2 Å². The summed E-state index contributed by atoms with van der Waals surface area (Å²) in [7, 11) is -1.87. The average Bonchev–Trinajstić information content (AvgIpc) is 2.78. The van der Waals surface area contributed by atoms with E-state index >= 15 is 0 Å². The second kappa shape index (κ2) is 9.78. The van der Waals surface area contributed by atoms with E-state index in [0.29, 0.717) is 5.56 Å². The fraction of sp³-hybridized carbons (Fsp3) is 0.227. The van der Waals surface area contributed by atoms with Crippen LogP contribution in [0, 0.1) is 30.0 Å². The van der Waals surface area contributed by atoms with Gasteiger partial charge in [0.05, 0.1) is 16.8 Å². The summed E-state index contributed by atoms with van der Waals surface area (Å²) in [4.78, 5) is 17.2. The molecule has 2 heterocycles. The number of aryl methyl sites for hydroxylation is 1. The molecule has 0 saturated carbocycles. The molecule has 1 aromatic carbocycles. The number of halogens is 3. The standard InChI is InChI=1S/C22H19F3N6O4S/c1-11-8-14(10-26)29-21(34-3)17(11)35-20-16(12(2)18(30-31-20)22(23,24)25)19(32)28-13-6-5-7-15(9-13)36(4,27)33/h5-9,27H,1-4H3,(H,28,32). The third kappa shape index (κ3) is 5.52. The van der Waals surface area contributed by atoms with Gasteiger partial charge in [0.1, 0.15) is 17.3 Å². The minimum absolute atomic E-state index is 0.00568. The molecule has 0 fully saturated rings. The Bertz CT molecular complexity index is 1500. The smallest absolute Gasteiger partial charge is 0.435 e. The maximum atomic E-state index is 13.5. The first-order valence-electron chi connectivity index (χ1n) is 9.99. The molecule has 0 aliphatic carbocycles. The van der Waals surface area contributed by atoms with Crippen molar-refractivity contribution in [3.05, 3.63) is 58.4 Å². The van der Waals surface area contributed by atoms with Crippen LogP contribution in [0.1, 0.15) is 32.9 Å². The van der Waals surface area contributed by atoms with E-state index in [-0.39, 0.29) is 27.9 Å². The van der Waals surface area contributed by atoms with Crippen molar-refractivity contribution in [1.82, 2.24) is 15.2 Å². The van der Waals surface area contributed by atoms with Gasteiger partial charge in [0.2, 0.25) is 0 Å². The topological polar surface area (TPSA) is 151 Å². The van der Waals surface area contributed by atoms with Crippen molar-refractivity contribution in [2.75, 3.05) is 18.7 Å². The third-order valence-corrected chi connectivity index (χ3v) is 6.01. The summed E-state index contributed by atoms with van der Waals surface area (Å²) in [6.07, 6.45) is -3.72. The number of pyridine rings is 1. The lowest BCUT2D eigenvalue weighted by Crippen LogP contribution is -2.21. The van der Waals surface area contributed by atoms with Gasteiger partial charge in [-0.2, -0.15) is 23.4 Å². The van der Waals surface area contributed by atoms with Crippen LogP contribution in [-0.2, 0) is 15.9 Å². The van der Waals surface area contributed by atoms with Gasteiger partial charge in [-0.05, 0) is 43.7 Å². The number of hydrogen-bond donors (Lipinski definition) is 2. The fourth-order valence-corrected chi connectivity index (χ4v) is 3.86. The lowest BCUT2D eigenvalue weighted by atomic mass is 10.1. The lowest BCUT2D eigenvalue weighted by molar-refractivity contribution is -0.142. The van der Waals surface area contributed by atoms with Gasteiger partial charge in [-0.15, -0.1) is 10.2 Å². The molecule has 0 spiro atoms. The molecular formula is C22H19F3N6O4S. The Morgan fingerprint density at radius 2 is 1.89 bits per heavy atom. The monoisotopic (exact) mass is 520 g/mol. The highest BCUT2D eigenvalue weighted by Crippen LogP contribution is 2.38. The molecule has 0 aliphatic rings. The van der Waals surface area contributed by atoms with Crippen molar-refractivity contribution in [2.45, 2.75) is 24.9 Å². The predicted molar refractivity (Wildman–Crippen MR) is 122 cm³/mol. The molecule has 0 saturated heterocycles. The number of amides is 1. The van der Waals surface area contributed by atoms with Gasteiger partial charge in [0.15, 0.2) is 11.4 Å². The van der Waals surface area contributed by atoms with Crippen molar-refractivity contribution in [2.24, 2.45) is 0 Å². The number of nitrogens with zero attached hydrogens (tertiary/aromatic N) is 4. The highest BCUT2D eigenvalue weighted by Gasteiger charge is 2.38. The molecule has 2 aromatic heterocycles. The quantitative estimate of drug-likeness (QED) is 0.483. The van der Waals surface area contributed by atoms with E-state index in [4.69, 9.17) is 19.5 Å². The van der Waals surface area contributed by atoms with Crippen molar-refractivity contribution in [1.29, 1.82) is 10.0 Å². The van der Waals surface area contributed by atoms with E-state index < -0.39 is 44.5 Å². The first-order valence-corrected chi connectivity index (χ1v) is 12.0. The van der Waals surface area contributed by atoms with Crippen molar-refractivity contribution < 1.29 is 31.6 Å². The van der Waals surface area contributed by atoms with Crippen LogP contribution in [0.3, 0.4) is 0 Å². The molecule has 1 amide bonds. The Hall–Kier alpha value is -4.25. The van der Waals surface area contributed by atoms with E-state index in [0.717, 1.165) is 6.92 Å². The van der Waals surface area contributed by atoms with Gasteiger partial charge in [-0.3, -0.25) is 4.79 Å². The van der Waals surface area contributed by atoms with Crippen LogP contribution in [0.15, 0.2) is 35.2 Å². The van der Waals surface area contributed by atoms with Crippen LogP contribution in [0.25, 0.3) is 0 Å². The zero-order valence-electron chi connectivity index (χ0n) is 19.4.